The lowest BCUT2D eigenvalue weighted by Crippen LogP contribution is -2.39. The Labute approximate surface area is 190 Å². The van der Waals surface area contributed by atoms with Gasteiger partial charge in [-0.2, -0.15) is 5.10 Å². The monoisotopic (exact) mass is 512 g/mol. The van der Waals surface area contributed by atoms with E-state index in [0.717, 1.165) is 38.2 Å². The van der Waals surface area contributed by atoms with Crippen molar-refractivity contribution in [3.05, 3.63) is 53.3 Å². The van der Waals surface area contributed by atoms with Gasteiger partial charge in [-0.3, -0.25) is 9.48 Å². The van der Waals surface area contributed by atoms with E-state index in [4.69, 9.17) is 0 Å². The van der Waals surface area contributed by atoms with Crippen LogP contribution in [0, 0.1) is 13.8 Å². The Morgan fingerprint density at radius 3 is 2.52 bits per heavy atom. The number of nitrogens with zero attached hydrogens (tertiary/aromatic N) is 3. The number of guanidine groups is 1. The number of aliphatic imine (C=N–C) groups is 1. The Bertz CT molecular complexity index is 760. The largest absolute Gasteiger partial charge is 0.357 e. The summed E-state index contributed by atoms with van der Waals surface area (Å²) in [4.78, 5) is 16.4. The third-order valence-electron chi connectivity index (χ3n) is 4.25. The number of amides is 1. The van der Waals surface area contributed by atoms with E-state index in [-0.39, 0.29) is 36.4 Å². The molecule has 0 fully saturated rings. The molecule has 0 aliphatic rings. The lowest BCUT2D eigenvalue weighted by molar-refractivity contribution is -0.119. The summed E-state index contributed by atoms with van der Waals surface area (Å²) >= 11 is 0. The highest BCUT2D eigenvalue weighted by Crippen LogP contribution is 2.02. The second kappa shape index (κ2) is 14.0. The van der Waals surface area contributed by atoms with Crippen LogP contribution in [0.25, 0.3) is 0 Å². The van der Waals surface area contributed by atoms with Crippen LogP contribution in [-0.2, 0) is 17.8 Å². The molecule has 2 rings (SSSR count). The van der Waals surface area contributed by atoms with Gasteiger partial charge in [0.1, 0.15) is 6.54 Å². The normalized spacial score (nSPS) is 10.9. The van der Waals surface area contributed by atoms with Gasteiger partial charge in [-0.25, -0.2) is 4.99 Å². The van der Waals surface area contributed by atoms with Crippen LogP contribution in [0.3, 0.4) is 0 Å². The summed E-state index contributed by atoms with van der Waals surface area (Å²) in [5.41, 5.74) is 3.42. The van der Waals surface area contributed by atoms with Crippen molar-refractivity contribution < 1.29 is 4.79 Å². The maximum absolute atomic E-state index is 12.0. The molecule has 1 heterocycles. The van der Waals surface area contributed by atoms with E-state index in [1.54, 1.807) is 0 Å². The van der Waals surface area contributed by atoms with E-state index in [1.165, 1.54) is 11.3 Å². The number of aromatic nitrogens is 2. The first-order valence-corrected chi connectivity index (χ1v) is 9.92. The summed E-state index contributed by atoms with van der Waals surface area (Å²) in [6.07, 6.45) is 1.75. The van der Waals surface area contributed by atoms with Crippen LogP contribution in [0.1, 0.15) is 30.3 Å². The van der Waals surface area contributed by atoms with Gasteiger partial charge in [-0.15, -0.1) is 24.0 Å². The van der Waals surface area contributed by atoms with Crippen molar-refractivity contribution in [2.45, 2.75) is 40.2 Å². The molecule has 0 radical (unpaired) electrons. The average Bonchev–Trinajstić information content (AvgIpc) is 3.01. The number of hydrogen-bond acceptors (Lipinski definition) is 3. The Balaban J connectivity index is 0.00000420. The zero-order valence-electron chi connectivity index (χ0n) is 17.6. The first kappa shape index (κ1) is 24.9. The van der Waals surface area contributed by atoms with Crippen LogP contribution in [-0.4, -0.2) is 47.8 Å². The quantitative estimate of drug-likeness (QED) is 0.198. The van der Waals surface area contributed by atoms with Gasteiger partial charge < -0.3 is 16.0 Å². The van der Waals surface area contributed by atoms with Gasteiger partial charge in [0.25, 0.3) is 0 Å². The molecule has 0 bridgehead atoms. The number of rotatable bonds is 10. The Morgan fingerprint density at radius 2 is 1.86 bits per heavy atom. The summed E-state index contributed by atoms with van der Waals surface area (Å²) < 4.78 is 2.02. The van der Waals surface area contributed by atoms with Crippen LogP contribution in [0.15, 0.2) is 41.4 Å². The molecule has 0 saturated heterocycles. The summed E-state index contributed by atoms with van der Waals surface area (Å²) in [5, 5.41) is 13.8. The molecule has 1 amide bonds. The van der Waals surface area contributed by atoms with Crippen molar-refractivity contribution in [1.29, 1.82) is 0 Å². The van der Waals surface area contributed by atoms with Crippen LogP contribution in [0.4, 0.5) is 0 Å². The fraction of sp³-hybridized carbons (Fsp3) is 0.476. The lowest BCUT2D eigenvalue weighted by Gasteiger charge is -2.12. The van der Waals surface area contributed by atoms with Gasteiger partial charge in [0.05, 0.1) is 5.69 Å². The molecule has 0 atom stereocenters. The number of hydrogen-bond donors (Lipinski definition) is 3. The number of carbonyl (C=O) groups is 1. The second-order valence-electron chi connectivity index (χ2n) is 6.71. The van der Waals surface area contributed by atoms with Crippen LogP contribution < -0.4 is 16.0 Å². The highest BCUT2D eigenvalue weighted by molar-refractivity contribution is 14.0. The van der Waals surface area contributed by atoms with Crippen LogP contribution in [0.5, 0.6) is 0 Å². The predicted molar refractivity (Wildman–Crippen MR) is 129 cm³/mol. The van der Waals surface area contributed by atoms with Gasteiger partial charge in [-0.05, 0) is 45.2 Å². The van der Waals surface area contributed by atoms with Gasteiger partial charge in [0.15, 0.2) is 5.96 Å². The Kier molecular flexibility index (Phi) is 12.0. The van der Waals surface area contributed by atoms with E-state index in [9.17, 15) is 4.79 Å². The number of halogens is 1. The minimum atomic E-state index is -0.0734. The van der Waals surface area contributed by atoms with Crippen molar-refractivity contribution in [3.63, 3.8) is 0 Å². The molecule has 1 aromatic heterocycles. The Morgan fingerprint density at radius 1 is 1.10 bits per heavy atom. The fourth-order valence-corrected chi connectivity index (χ4v) is 2.88. The fourth-order valence-electron chi connectivity index (χ4n) is 2.88. The number of benzene rings is 1. The minimum Gasteiger partial charge on any atom is -0.357 e. The van der Waals surface area contributed by atoms with Crippen LogP contribution in [0.2, 0.25) is 0 Å². The number of nitrogens with one attached hydrogen (secondary N) is 3. The van der Waals surface area contributed by atoms with Crippen molar-refractivity contribution in [1.82, 2.24) is 25.7 Å². The van der Waals surface area contributed by atoms with E-state index in [1.807, 2.05) is 36.7 Å². The number of aryl methyl sites for hydroxylation is 3. The van der Waals surface area contributed by atoms with E-state index >= 15 is 0 Å². The highest BCUT2D eigenvalue weighted by Gasteiger charge is 2.03. The SMILES string of the molecule is CCNC(=NCC(=O)NCCc1ccccc1)NCCCn1nc(C)cc1C.I. The molecule has 7 nitrogen and oxygen atoms in total. The zero-order valence-corrected chi connectivity index (χ0v) is 19.9. The zero-order chi connectivity index (χ0) is 20.2. The van der Waals surface area contributed by atoms with Gasteiger partial charge in [0.2, 0.25) is 5.91 Å². The maximum Gasteiger partial charge on any atom is 0.241 e. The average molecular weight is 512 g/mol. The molecule has 0 spiro atoms. The van der Waals surface area contributed by atoms with Crippen molar-refractivity contribution in [2.75, 3.05) is 26.2 Å². The summed E-state index contributed by atoms with van der Waals surface area (Å²) in [7, 11) is 0. The summed E-state index contributed by atoms with van der Waals surface area (Å²) in [5.74, 6) is 0.588. The number of carbonyl (C=O) groups excluding carboxylic acids is 1. The topological polar surface area (TPSA) is 83.3 Å². The van der Waals surface area contributed by atoms with E-state index in [2.05, 4.69) is 51.2 Å². The molecule has 0 unspecified atom stereocenters. The standard InChI is InChI=1S/C21H32N6O.HI/c1-4-22-21(24-12-8-14-27-18(3)15-17(2)26-27)25-16-20(28)23-13-11-19-9-6-5-7-10-19;/h5-7,9-10,15H,4,8,11-14,16H2,1-3H3,(H,23,28)(H2,22,24,25);1H. The van der Waals surface area contributed by atoms with Crippen LogP contribution >= 0.6 is 24.0 Å². The molecule has 0 saturated carbocycles. The maximum atomic E-state index is 12.0. The Hall–Kier alpha value is -2.10. The van der Waals surface area contributed by atoms with Crippen molar-refractivity contribution in [2.24, 2.45) is 4.99 Å². The molecule has 29 heavy (non-hydrogen) atoms. The van der Waals surface area contributed by atoms with E-state index in [0.29, 0.717) is 12.5 Å². The summed E-state index contributed by atoms with van der Waals surface area (Å²) in [6, 6.07) is 12.2. The molecule has 8 heteroatoms. The third kappa shape index (κ3) is 9.78. The predicted octanol–water partition coefficient (Wildman–Crippen LogP) is 2.42. The first-order valence-electron chi connectivity index (χ1n) is 9.92. The van der Waals surface area contributed by atoms with E-state index < -0.39 is 0 Å². The first-order chi connectivity index (χ1) is 13.6. The smallest absolute Gasteiger partial charge is 0.241 e. The lowest BCUT2D eigenvalue weighted by atomic mass is 10.1. The minimum absolute atomic E-state index is 0. The summed E-state index contributed by atoms with van der Waals surface area (Å²) in [6.45, 7) is 9.17. The van der Waals surface area contributed by atoms with Gasteiger partial charge in [0, 0.05) is 31.9 Å². The molecule has 1 aromatic carbocycles. The van der Waals surface area contributed by atoms with Gasteiger partial charge in [-0.1, -0.05) is 30.3 Å². The third-order valence-corrected chi connectivity index (χ3v) is 4.25. The molecule has 2 aromatic rings. The highest BCUT2D eigenvalue weighted by atomic mass is 127. The van der Waals surface area contributed by atoms with Crippen molar-refractivity contribution >= 4 is 35.8 Å². The van der Waals surface area contributed by atoms with Crippen molar-refractivity contribution in [3.8, 4) is 0 Å². The molecule has 0 aliphatic carbocycles. The van der Waals surface area contributed by atoms with Gasteiger partial charge >= 0.3 is 0 Å². The molecule has 160 valence electrons. The molecular formula is C21H33IN6O. The second-order valence-corrected chi connectivity index (χ2v) is 6.71. The molecule has 3 N–H and O–H groups in total. The molecule has 0 aliphatic heterocycles. The molecular weight excluding hydrogens is 479 g/mol.